The number of hydrogen-bond acceptors (Lipinski definition) is 2. The second-order valence-electron chi connectivity index (χ2n) is 3.14. The molecule has 1 aromatic heterocycles. The maximum absolute atomic E-state index is 10.1. The summed E-state index contributed by atoms with van der Waals surface area (Å²) in [5.74, 6) is 0. The van der Waals surface area contributed by atoms with Crippen molar-refractivity contribution in [1.82, 2.24) is 10.3 Å². The lowest BCUT2D eigenvalue weighted by atomic mass is 10.1. The predicted molar refractivity (Wildman–Crippen MR) is 51.4 cm³/mol. The number of nitrogens with one attached hydrogen (secondary N) is 1. The van der Waals surface area contributed by atoms with Crippen LogP contribution in [0.4, 0.5) is 0 Å². The average molecular weight is 178 g/mol. The topological polar surface area (TPSA) is 42.0 Å². The van der Waals surface area contributed by atoms with Gasteiger partial charge in [0, 0.05) is 17.9 Å². The number of carbonyl (C=O) groups is 1. The molecule has 0 aliphatic rings. The van der Waals surface area contributed by atoms with Crippen molar-refractivity contribution in [1.29, 1.82) is 0 Å². The number of aromatic nitrogens is 1. The van der Waals surface area contributed by atoms with Crippen LogP contribution >= 0.6 is 0 Å². The fourth-order valence-electron chi connectivity index (χ4n) is 1.46. The fraction of sp³-hybridized carbons (Fsp3) is 0.400. The Labute approximate surface area is 78.2 Å². The molecule has 70 valence electrons. The lowest BCUT2D eigenvalue weighted by Gasteiger charge is -2.09. The lowest BCUT2D eigenvalue weighted by molar-refractivity contribution is -0.109. The van der Waals surface area contributed by atoms with E-state index >= 15 is 0 Å². The molecule has 0 unspecified atom stereocenters. The summed E-state index contributed by atoms with van der Waals surface area (Å²) < 4.78 is 0. The van der Waals surface area contributed by atoms with Crippen molar-refractivity contribution < 1.29 is 4.79 Å². The average Bonchev–Trinajstić information content (AvgIpc) is 2.02. The van der Waals surface area contributed by atoms with Crippen LogP contribution in [0.15, 0.2) is 6.07 Å². The molecule has 0 spiro atoms. The van der Waals surface area contributed by atoms with Gasteiger partial charge in [-0.3, -0.25) is 9.78 Å². The first-order valence-electron chi connectivity index (χ1n) is 4.26. The van der Waals surface area contributed by atoms with E-state index in [1.807, 2.05) is 26.8 Å². The molecule has 1 amide bonds. The zero-order valence-corrected chi connectivity index (χ0v) is 8.22. The van der Waals surface area contributed by atoms with E-state index < -0.39 is 0 Å². The number of amides is 1. The van der Waals surface area contributed by atoms with Gasteiger partial charge in [-0.1, -0.05) is 0 Å². The summed E-state index contributed by atoms with van der Waals surface area (Å²) in [6.07, 6.45) is 0.707. The maximum atomic E-state index is 10.1. The Morgan fingerprint density at radius 2 is 2.15 bits per heavy atom. The second-order valence-corrected chi connectivity index (χ2v) is 3.14. The molecule has 0 saturated carbocycles. The van der Waals surface area contributed by atoms with E-state index in [9.17, 15) is 4.79 Å². The van der Waals surface area contributed by atoms with Crippen molar-refractivity contribution in [2.75, 3.05) is 0 Å². The smallest absolute Gasteiger partial charge is 0.207 e. The Kier molecular flexibility index (Phi) is 3.01. The highest BCUT2D eigenvalue weighted by Gasteiger charge is 2.03. The molecule has 3 heteroatoms. The van der Waals surface area contributed by atoms with Gasteiger partial charge in [-0.15, -0.1) is 0 Å². The molecule has 1 N–H and O–H groups in total. The Morgan fingerprint density at radius 3 is 2.69 bits per heavy atom. The third-order valence-electron chi connectivity index (χ3n) is 2.04. The van der Waals surface area contributed by atoms with E-state index in [4.69, 9.17) is 0 Å². The lowest BCUT2D eigenvalue weighted by Crippen LogP contribution is -2.13. The van der Waals surface area contributed by atoms with Gasteiger partial charge in [0.05, 0.1) is 0 Å². The maximum Gasteiger partial charge on any atom is 0.207 e. The number of pyridine rings is 1. The van der Waals surface area contributed by atoms with E-state index in [0.717, 1.165) is 17.0 Å². The molecule has 3 nitrogen and oxygen atoms in total. The van der Waals surface area contributed by atoms with Gasteiger partial charge in [0.15, 0.2) is 0 Å². The van der Waals surface area contributed by atoms with Gasteiger partial charge in [-0.05, 0) is 38.0 Å². The number of hydrogen-bond donors (Lipinski definition) is 1. The first-order chi connectivity index (χ1) is 6.15. The van der Waals surface area contributed by atoms with Gasteiger partial charge in [-0.2, -0.15) is 0 Å². The highest BCUT2D eigenvalue weighted by atomic mass is 16.1. The summed E-state index contributed by atoms with van der Waals surface area (Å²) in [4.78, 5) is 14.5. The van der Waals surface area contributed by atoms with E-state index in [1.54, 1.807) is 0 Å². The molecule has 0 fully saturated rings. The quantitative estimate of drug-likeness (QED) is 0.708. The monoisotopic (exact) mass is 178 g/mol. The molecule has 0 saturated heterocycles. The molecule has 1 aromatic rings. The second kappa shape index (κ2) is 4.03. The minimum atomic E-state index is 0.564. The first-order valence-corrected chi connectivity index (χ1v) is 4.26. The summed E-state index contributed by atoms with van der Waals surface area (Å²) in [6.45, 7) is 6.52. The molecule has 0 radical (unpaired) electrons. The molecule has 0 aliphatic heterocycles. The van der Waals surface area contributed by atoms with E-state index in [2.05, 4.69) is 10.3 Å². The molecule has 13 heavy (non-hydrogen) atoms. The summed E-state index contributed by atoms with van der Waals surface area (Å²) in [7, 11) is 0. The Morgan fingerprint density at radius 1 is 1.46 bits per heavy atom. The van der Waals surface area contributed by atoms with Crippen LogP contribution in [0.2, 0.25) is 0 Å². The zero-order chi connectivity index (χ0) is 9.84. The Hall–Kier alpha value is -1.38. The van der Waals surface area contributed by atoms with Gasteiger partial charge in [0.25, 0.3) is 0 Å². The Balaban J connectivity index is 2.98. The molecular formula is C10H14N2O. The molecule has 0 aromatic carbocycles. The molecule has 1 rings (SSSR count). The van der Waals surface area contributed by atoms with Gasteiger partial charge in [0.2, 0.25) is 6.41 Å². The molecular weight excluding hydrogens is 164 g/mol. The standard InChI is InChI=1S/C10H14N2O/c1-7-4-8(2)12-9(3)10(7)5-11-6-13/h4,6H,5H2,1-3H3,(H,11,13). The van der Waals surface area contributed by atoms with Crippen molar-refractivity contribution in [2.24, 2.45) is 0 Å². The van der Waals surface area contributed by atoms with Crippen LogP contribution in [0.25, 0.3) is 0 Å². The third-order valence-corrected chi connectivity index (χ3v) is 2.04. The highest BCUT2D eigenvalue weighted by molar-refractivity contribution is 5.47. The normalized spacial score (nSPS) is 9.77. The summed E-state index contributed by atoms with van der Waals surface area (Å²) in [5.41, 5.74) is 4.30. The van der Waals surface area contributed by atoms with Crippen LogP contribution < -0.4 is 5.32 Å². The molecule has 1 heterocycles. The minimum Gasteiger partial charge on any atom is -0.355 e. The van der Waals surface area contributed by atoms with Crippen LogP contribution in [-0.4, -0.2) is 11.4 Å². The highest BCUT2D eigenvalue weighted by Crippen LogP contribution is 2.12. The minimum absolute atomic E-state index is 0.564. The van der Waals surface area contributed by atoms with Crippen LogP contribution in [0.3, 0.4) is 0 Å². The van der Waals surface area contributed by atoms with E-state index in [1.165, 1.54) is 5.56 Å². The van der Waals surface area contributed by atoms with Gasteiger partial charge < -0.3 is 5.32 Å². The molecule has 0 atom stereocenters. The van der Waals surface area contributed by atoms with E-state index in [-0.39, 0.29) is 0 Å². The number of nitrogens with zero attached hydrogens (tertiary/aromatic N) is 1. The number of carbonyl (C=O) groups excluding carboxylic acids is 1. The summed E-state index contributed by atoms with van der Waals surface area (Å²) >= 11 is 0. The number of aryl methyl sites for hydroxylation is 3. The van der Waals surface area contributed by atoms with Crippen LogP contribution in [0.1, 0.15) is 22.5 Å². The Bertz CT molecular complexity index is 298. The van der Waals surface area contributed by atoms with Crippen molar-refractivity contribution in [2.45, 2.75) is 27.3 Å². The largest absolute Gasteiger partial charge is 0.355 e. The molecule has 0 bridgehead atoms. The van der Waals surface area contributed by atoms with Crippen molar-refractivity contribution in [3.8, 4) is 0 Å². The van der Waals surface area contributed by atoms with Gasteiger partial charge in [0.1, 0.15) is 0 Å². The van der Waals surface area contributed by atoms with Gasteiger partial charge in [-0.25, -0.2) is 0 Å². The number of rotatable bonds is 3. The van der Waals surface area contributed by atoms with Crippen LogP contribution in [0.5, 0.6) is 0 Å². The van der Waals surface area contributed by atoms with Crippen molar-refractivity contribution in [3.63, 3.8) is 0 Å². The van der Waals surface area contributed by atoms with Crippen molar-refractivity contribution in [3.05, 3.63) is 28.6 Å². The van der Waals surface area contributed by atoms with E-state index in [0.29, 0.717) is 13.0 Å². The summed E-state index contributed by atoms with van der Waals surface area (Å²) in [5, 5.41) is 2.65. The fourth-order valence-corrected chi connectivity index (χ4v) is 1.46. The zero-order valence-electron chi connectivity index (χ0n) is 8.22. The van der Waals surface area contributed by atoms with Crippen LogP contribution in [-0.2, 0) is 11.3 Å². The van der Waals surface area contributed by atoms with Gasteiger partial charge >= 0.3 is 0 Å². The summed E-state index contributed by atoms with van der Waals surface area (Å²) in [6, 6.07) is 2.02. The predicted octanol–water partition coefficient (Wildman–Crippen LogP) is 1.25. The SMILES string of the molecule is Cc1cc(C)c(CNC=O)c(C)n1. The third kappa shape index (κ3) is 2.28. The van der Waals surface area contributed by atoms with Crippen molar-refractivity contribution >= 4 is 6.41 Å². The first kappa shape index (κ1) is 9.71. The molecule has 0 aliphatic carbocycles. The van der Waals surface area contributed by atoms with Crippen LogP contribution in [0, 0.1) is 20.8 Å².